The van der Waals surface area contributed by atoms with E-state index in [9.17, 15) is 5.11 Å². The van der Waals surface area contributed by atoms with Gasteiger partial charge in [0.25, 0.3) is 0 Å². The van der Waals surface area contributed by atoms with Crippen LogP contribution in [0, 0.1) is 0 Å². The molecular weight excluding hydrogens is 156 g/mol. The maximum Gasteiger partial charge on any atom is 0.159 e. The molecule has 0 aromatic heterocycles. The molecule has 0 aliphatic carbocycles. The monoisotopic (exact) mass is 175 g/mol. The molecule has 0 N–H and O–H groups in total. The normalized spacial score (nSPS) is 11.0. The molecule has 3 nitrogen and oxygen atoms in total. The van der Waals surface area contributed by atoms with E-state index >= 15 is 0 Å². The van der Waals surface area contributed by atoms with E-state index in [2.05, 4.69) is 0 Å². The maximum atomic E-state index is 10.3. The second-order valence-corrected chi connectivity index (χ2v) is 2.66. The molecule has 0 heterocycles. The van der Waals surface area contributed by atoms with Crippen molar-refractivity contribution in [1.82, 2.24) is 0 Å². The fraction of sp³-hybridized carbons (Fsp3) is 1.00. The van der Waals surface area contributed by atoms with Crippen LogP contribution in [0.4, 0.5) is 0 Å². The van der Waals surface area contributed by atoms with Gasteiger partial charge in [0.2, 0.25) is 0 Å². The highest BCUT2D eigenvalue weighted by molar-refractivity contribution is 4.43. The van der Waals surface area contributed by atoms with Crippen molar-refractivity contribution in [3.63, 3.8) is 0 Å². The third-order valence-corrected chi connectivity index (χ3v) is 1.37. The van der Waals surface area contributed by atoms with Crippen LogP contribution in [-0.2, 0) is 14.6 Å². The molecule has 0 saturated carbocycles. The molecule has 0 amide bonds. The van der Waals surface area contributed by atoms with Crippen LogP contribution in [0.25, 0.3) is 0 Å². The Labute approximate surface area is 74.7 Å². The molecule has 0 aromatic carbocycles. The predicted molar refractivity (Wildman–Crippen MR) is 46.4 cm³/mol. The van der Waals surface area contributed by atoms with Gasteiger partial charge < -0.3 is 9.47 Å². The second kappa shape index (κ2) is 8.97. The molecule has 0 saturated heterocycles. The molecule has 0 unspecified atom stereocenters. The lowest BCUT2D eigenvalue weighted by Crippen LogP contribution is -2.19. The second-order valence-electron chi connectivity index (χ2n) is 2.66. The van der Waals surface area contributed by atoms with Gasteiger partial charge in [-0.2, -0.15) is 0 Å². The summed E-state index contributed by atoms with van der Waals surface area (Å²) in [5.41, 5.74) is 0. The van der Waals surface area contributed by atoms with Gasteiger partial charge in [0.15, 0.2) is 6.29 Å². The average molecular weight is 175 g/mol. The summed E-state index contributed by atoms with van der Waals surface area (Å²) in [6.45, 7) is 5.29. The van der Waals surface area contributed by atoms with E-state index in [1.54, 1.807) is 0 Å². The minimum absolute atomic E-state index is 0.127. The van der Waals surface area contributed by atoms with Crippen LogP contribution < -0.4 is 0 Å². The topological polar surface area (TPSA) is 38.4 Å². The Morgan fingerprint density at radius 1 is 1.08 bits per heavy atom. The highest BCUT2D eigenvalue weighted by atomic mass is 16.7. The summed E-state index contributed by atoms with van der Waals surface area (Å²) in [7, 11) is 0. The van der Waals surface area contributed by atoms with Crippen molar-refractivity contribution in [2.45, 2.75) is 39.4 Å². The van der Waals surface area contributed by atoms with E-state index in [4.69, 9.17) is 9.47 Å². The van der Waals surface area contributed by atoms with Gasteiger partial charge in [-0.3, -0.25) is 0 Å². The van der Waals surface area contributed by atoms with Gasteiger partial charge in [0.1, 0.15) is 0 Å². The van der Waals surface area contributed by atoms with Gasteiger partial charge in [-0.1, -0.05) is 13.8 Å². The molecule has 1 radical (unpaired) electrons. The van der Waals surface area contributed by atoms with Gasteiger partial charge in [0, 0.05) is 19.6 Å². The van der Waals surface area contributed by atoms with Gasteiger partial charge in [-0.05, 0) is 12.8 Å². The Morgan fingerprint density at radius 3 is 1.92 bits per heavy atom. The van der Waals surface area contributed by atoms with E-state index < -0.39 is 0 Å². The molecule has 0 aliphatic heterocycles. The quantitative estimate of drug-likeness (QED) is 0.529. The van der Waals surface area contributed by atoms with Crippen molar-refractivity contribution < 1.29 is 14.6 Å². The summed E-state index contributed by atoms with van der Waals surface area (Å²) < 4.78 is 10.6. The highest BCUT2D eigenvalue weighted by Gasteiger charge is 2.07. The molecular formula is C9H19O3. The zero-order valence-corrected chi connectivity index (χ0v) is 8.04. The Hall–Kier alpha value is -0.120. The SMILES string of the molecule is CCCOC(CC[O])OCCC. The zero-order chi connectivity index (χ0) is 9.23. The van der Waals surface area contributed by atoms with E-state index in [1.165, 1.54) is 0 Å². The molecule has 3 heteroatoms. The molecule has 0 aliphatic rings. The van der Waals surface area contributed by atoms with Crippen LogP contribution in [-0.4, -0.2) is 26.1 Å². The summed E-state index contributed by atoms with van der Waals surface area (Å²) in [6.07, 6.45) is 2.11. The fourth-order valence-corrected chi connectivity index (χ4v) is 0.810. The van der Waals surface area contributed by atoms with Crippen LogP contribution in [0.15, 0.2) is 0 Å². The fourth-order valence-electron chi connectivity index (χ4n) is 0.810. The van der Waals surface area contributed by atoms with Crippen molar-refractivity contribution in [1.29, 1.82) is 0 Å². The smallest absolute Gasteiger partial charge is 0.159 e. The number of rotatable bonds is 8. The number of hydrogen-bond donors (Lipinski definition) is 0. The summed E-state index contributed by atoms with van der Waals surface area (Å²) in [6, 6.07) is 0. The first kappa shape index (κ1) is 11.9. The standard InChI is InChI=1S/C9H19O3/c1-3-7-11-9(5-6-10)12-8-4-2/h9H,3-8H2,1-2H3. The Kier molecular flexibility index (Phi) is 8.88. The summed E-state index contributed by atoms with van der Waals surface area (Å²) >= 11 is 0. The first-order valence-electron chi connectivity index (χ1n) is 4.66. The lowest BCUT2D eigenvalue weighted by molar-refractivity contribution is -0.152. The van der Waals surface area contributed by atoms with Crippen LogP contribution in [0.5, 0.6) is 0 Å². The number of hydrogen-bond acceptors (Lipinski definition) is 2. The van der Waals surface area contributed by atoms with Crippen molar-refractivity contribution in [3.05, 3.63) is 0 Å². The van der Waals surface area contributed by atoms with Gasteiger partial charge in [-0.15, -0.1) is 0 Å². The van der Waals surface area contributed by atoms with Crippen LogP contribution in [0.2, 0.25) is 0 Å². The van der Waals surface area contributed by atoms with Gasteiger partial charge >= 0.3 is 0 Å². The number of ether oxygens (including phenoxy) is 2. The first-order valence-corrected chi connectivity index (χ1v) is 4.66. The molecule has 12 heavy (non-hydrogen) atoms. The predicted octanol–water partition coefficient (Wildman–Crippen LogP) is 1.99. The van der Waals surface area contributed by atoms with Crippen molar-refractivity contribution >= 4 is 0 Å². The maximum absolute atomic E-state index is 10.3. The first-order chi connectivity index (χ1) is 5.85. The summed E-state index contributed by atoms with van der Waals surface area (Å²) in [5, 5.41) is 10.3. The largest absolute Gasteiger partial charge is 0.353 e. The third kappa shape index (κ3) is 6.58. The van der Waals surface area contributed by atoms with Crippen LogP contribution >= 0.6 is 0 Å². The molecule has 0 aromatic rings. The Balaban J connectivity index is 3.40. The van der Waals surface area contributed by atoms with Crippen molar-refractivity contribution in [3.8, 4) is 0 Å². The van der Waals surface area contributed by atoms with E-state index in [1.807, 2.05) is 13.8 Å². The van der Waals surface area contributed by atoms with Crippen molar-refractivity contribution in [2.24, 2.45) is 0 Å². The van der Waals surface area contributed by atoms with Crippen molar-refractivity contribution in [2.75, 3.05) is 19.8 Å². The summed E-state index contributed by atoms with van der Waals surface area (Å²) in [5.74, 6) is 0. The molecule has 0 spiro atoms. The minimum atomic E-state index is -0.276. The van der Waals surface area contributed by atoms with Gasteiger partial charge in [0.05, 0.1) is 6.61 Å². The Bertz CT molecular complexity index is 77.8. The third-order valence-electron chi connectivity index (χ3n) is 1.37. The molecule has 0 atom stereocenters. The molecule has 0 fully saturated rings. The zero-order valence-electron chi connectivity index (χ0n) is 8.04. The Morgan fingerprint density at radius 2 is 1.58 bits per heavy atom. The van der Waals surface area contributed by atoms with E-state index in [0.29, 0.717) is 19.6 Å². The molecule has 0 rings (SSSR count). The summed E-state index contributed by atoms with van der Waals surface area (Å²) in [4.78, 5) is 0. The average Bonchev–Trinajstić information content (AvgIpc) is 2.10. The van der Waals surface area contributed by atoms with Gasteiger partial charge in [-0.25, -0.2) is 5.11 Å². The minimum Gasteiger partial charge on any atom is -0.353 e. The lowest BCUT2D eigenvalue weighted by Gasteiger charge is -2.16. The highest BCUT2D eigenvalue weighted by Crippen LogP contribution is 2.01. The molecule has 73 valence electrons. The lowest BCUT2D eigenvalue weighted by atomic mass is 10.4. The van der Waals surface area contributed by atoms with Crippen LogP contribution in [0.3, 0.4) is 0 Å². The molecule has 0 bridgehead atoms. The van der Waals surface area contributed by atoms with E-state index in [-0.39, 0.29) is 12.9 Å². The van der Waals surface area contributed by atoms with Crippen LogP contribution in [0.1, 0.15) is 33.1 Å². The van der Waals surface area contributed by atoms with E-state index in [0.717, 1.165) is 12.8 Å².